The first-order valence-electron chi connectivity index (χ1n) is 8.93. The Morgan fingerprint density at radius 1 is 1.10 bits per heavy atom. The maximum atomic E-state index is 12.5. The van der Waals surface area contributed by atoms with E-state index in [1.165, 1.54) is 16.9 Å². The molecule has 0 spiro atoms. The maximum absolute atomic E-state index is 12.5. The van der Waals surface area contributed by atoms with Gasteiger partial charge < -0.3 is 10.2 Å². The Morgan fingerprint density at radius 2 is 1.83 bits per heavy atom. The Kier molecular flexibility index (Phi) is 6.13. The van der Waals surface area contributed by atoms with Crippen LogP contribution < -0.4 is 14.9 Å². The van der Waals surface area contributed by atoms with E-state index in [1.807, 2.05) is 0 Å². The summed E-state index contributed by atoms with van der Waals surface area (Å²) in [4.78, 5) is 25.5. The van der Waals surface area contributed by atoms with Crippen LogP contribution in [0.25, 0.3) is 0 Å². The number of hydrogen-bond acceptors (Lipinski definition) is 4. The number of hydrogen-bond donors (Lipinski definition) is 2. The van der Waals surface area contributed by atoms with Crippen LogP contribution in [-0.4, -0.2) is 39.5 Å². The molecule has 0 radical (unpaired) electrons. The first kappa shape index (κ1) is 21.8. The highest BCUT2D eigenvalue weighted by atomic mass is 32.2. The van der Waals surface area contributed by atoms with Gasteiger partial charge in [0.2, 0.25) is 15.9 Å². The van der Waals surface area contributed by atoms with Crippen LogP contribution in [0.3, 0.4) is 0 Å². The quantitative estimate of drug-likeness (QED) is 0.721. The largest absolute Gasteiger partial charge is 0.402 e. The number of carbonyl (C=O) groups excluding carboxylic acids is 2. The molecule has 2 aromatic carbocycles. The molecule has 0 bridgehead atoms. The zero-order valence-corrected chi connectivity index (χ0v) is 16.4. The normalized spacial score (nSPS) is 14.8. The van der Waals surface area contributed by atoms with E-state index in [0.29, 0.717) is 24.3 Å². The van der Waals surface area contributed by atoms with E-state index in [4.69, 9.17) is 0 Å². The first-order valence-corrected chi connectivity index (χ1v) is 10.4. The Balaban J connectivity index is 1.75. The van der Waals surface area contributed by atoms with E-state index in [2.05, 4.69) is 5.32 Å². The summed E-state index contributed by atoms with van der Waals surface area (Å²) >= 11 is 0. The molecule has 160 valence electrons. The predicted octanol–water partition coefficient (Wildman–Crippen LogP) is 2.91. The Bertz CT molecular complexity index is 1070. The van der Waals surface area contributed by atoms with Gasteiger partial charge in [0.05, 0.1) is 4.90 Å². The van der Waals surface area contributed by atoms with E-state index in [0.717, 1.165) is 18.6 Å². The standard InChI is InChI=1S/C19H18F3N3O4S/c20-19(21,22)12-23-30(28,29)16-7-1-4-13(10-16)18(27)24-14-5-2-6-15(11-14)25-9-3-8-17(25)26/h1-2,4-7,10-11,23H,3,8-9,12H2,(H,24,27). The van der Waals surface area contributed by atoms with Crippen molar-refractivity contribution in [1.82, 2.24) is 4.72 Å². The topological polar surface area (TPSA) is 95.6 Å². The van der Waals surface area contributed by atoms with Gasteiger partial charge in [-0.2, -0.15) is 13.2 Å². The number of carbonyl (C=O) groups is 2. The lowest BCUT2D eigenvalue weighted by Crippen LogP contribution is -2.33. The van der Waals surface area contributed by atoms with Crippen LogP contribution in [-0.2, 0) is 14.8 Å². The second-order valence-corrected chi connectivity index (χ2v) is 8.39. The third-order valence-corrected chi connectivity index (χ3v) is 5.76. The van der Waals surface area contributed by atoms with E-state index in [1.54, 1.807) is 29.2 Å². The summed E-state index contributed by atoms with van der Waals surface area (Å²) in [6, 6.07) is 11.3. The van der Waals surface area contributed by atoms with E-state index in [-0.39, 0.29) is 11.5 Å². The van der Waals surface area contributed by atoms with Crippen LogP contribution in [0.2, 0.25) is 0 Å². The summed E-state index contributed by atoms with van der Waals surface area (Å²) in [5.74, 6) is -0.657. The molecule has 0 atom stereocenters. The fraction of sp³-hybridized carbons (Fsp3) is 0.263. The molecule has 0 saturated carbocycles. The van der Waals surface area contributed by atoms with Gasteiger partial charge >= 0.3 is 6.18 Å². The number of alkyl halides is 3. The van der Waals surface area contributed by atoms with Gasteiger partial charge in [-0.15, -0.1) is 0 Å². The second kappa shape index (κ2) is 8.44. The third kappa shape index (κ3) is 5.36. The minimum absolute atomic E-state index is 0.0114. The van der Waals surface area contributed by atoms with E-state index >= 15 is 0 Å². The SMILES string of the molecule is O=C(Nc1cccc(N2CCCC2=O)c1)c1cccc(S(=O)(=O)NCC(F)(F)F)c1. The van der Waals surface area contributed by atoms with E-state index < -0.39 is 33.5 Å². The minimum atomic E-state index is -4.70. The molecular formula is C19H18F3N3O4S. The van der Waals surface area contributed by atoms with Gasteiger partial charge in [0.1, 0.15) is 6.54 Å². The lowest BCUT2D eigenvalue weighted by atomic mass is 10.2. The number of nitrogens with one attached hydrogen (secondary N) is 2. The van der Waals surface area contributed by atoms with Gasteiger partial charge in [-0.1, -0.05) is 12.1 Å². The number of anilines is 2. The Labute approximate surface area is 170 Å². The lowest BCUT2D eigenvalue weighted by Gasteiger charge is -2.17. The van der Waals surface area contributed by atoms with Crippen LogP contribution in [0.4, 0.5) is 24.5 Å². The molecule has 1 aliphatic rings. The zero-order chi connectivity index (χ0) is 21.9. The minimum Gasteiger partial charge on any atom is -0.322 e. The van der Waals surface area contributed by atoms with Gasteiger partial charge in [-0.25, -0.2) is 13.1 Å². The summed E-state index contributed by atoms with van der Waals surface area (Å²) in [5, 5.41) is 2.60. The molecule has 1 fully saturated rings. The molecule has 7 nitrogen and oxygen atoms in total. The van der Waals surface area contributed by atoms with Crippen LogP contribution in [0, 0.1) is 0 Å². The summed E-state index contributed by atoms with van der Waals surface area (Å²) in [6.45, 7) is -1.13. The molecule has 3 rings (SSSR count). The van der Waals surface area contributed by atoms with Crippen molar-refractivity contribution in [3.8, 4) is 0 Å². The van der Waals surface area contributed by atoms with Crippen molar-refractivity contribution in [3.63, 3.8) is 0 Å². The van der Waals surface area contributed by atoms with Crippen molar-refractivity contribution in [3.05, 3.63) is 54.1 Å². The number of sulfonamides is 1. The van der Waals surface area contributed by atoms with Crippen LogP contribution in [0.15, 0.2) is 53.4 Å². The highest BCUT2D eigenvalue weighted by Crippen LogP contribution is 2.25. The number of rotatable bonds is 6. The highest BCUT2D eigenvalue weighted by Gasteiger charge is 2.30. The van der Waals surface area contributed by atoms with Crippen molar-refractivity contribution >= 4 is 33.2 Å². The molecule has 30 heavy (non-hydrogen) atoms. The average Bonchev–Trinajstić information content (AvgIpc) is 3.12. The van der Waals surface area contributed by atoms with Crippen molar-refractivity contribution in [2.45, 2.75) is 23.9 Å². The van der Waals surface area contributed by atoms with Gasteiger partial charge in [0.25, 0.3) is 5.91 Å². The number of halogens is 3. The smallest absolute Gasteiger partial charge is 0.322 e. The average molecular weight is 441 g/mol. The molecule has 11 heteroatoms. The highest BCUT2D eigenvalue weighted by molar-refractivity contribution is 7.89. The number of nitrogens with zero attached hydrogens (tertiary/aromatic N) is 1. The number of benzene rings is 2. The Morgan fingerprint density at radius 3 is 2.50 bits per heavy atom. The third-order valence-electron chi connectivity index (χ3n) is 4.36. The monoisotopic (exact) mass is 441 g/mol. The summed E-state index contributed by atoms with van der Waals surface area (Å²) in [5.41, 5.74) is 0.969. The molecule has 2 N–H and O–H groups in total. The second-order valence-electron chi connectivity index (χ2n) is 6.62. The first-order chi connectivity index (χ1) is 14.0. The predicted molar refractivity (Wildman–Crippen MR) is 104 cm³/mol. The summed E-state index contributed by atoms with van der Waals surface area (Å²) in [7, 11) is -4.44. The van der Waals surface area contributed by atoms with Gasteiger partial charge in [-0.3, -0.25) is 9.59 Å². The molecule has 1 aliphatic heterocycles. The van der Waals surface area contributed by atoms with Crippen LogP contribution >= 0.6 is 0 Å². The number of amides is 2. The molecule has 0 aromatic heterocycles. The molecule has 1 saturated heterocycles. The van der Waals surface area contributed by atoms with Crippen LogP contribution in [0.5, 0.6) is 0 Å². The molecular weight excluding hydrogens is 423 g/mol. The summed E-state index contributed by atoms with van der Waals surface area (Å²) < 4.78 is 62.5. The molecule has 2 amide bonds. The molecule has 2 aromatic rings. The summed E-state index contributed by atoms with van der Waals surface area (Å²) in [6.07, 6.45) is -3.50. The van der Waals surface area contributed by atoms with Crippen molar-refractivity contribution in [1.29, 1.82) is 0 Å². The van der Waals surface area contributed by atoms with Gasteiger partial charge in [0, 0.05) is 29.9 Å². The van der Waals surface area contributed by atoms with Crippen molar-refractivity contribution < 1.29 is 31.2 Å². The van der Waals surface area contributed by atoms with Crippen molar-refractivity contribution in [2.24, 2.45) is 0 Å². The fourth-order valence-electron chi connectivity index (χ4n) is 2.94. The molecule has 0 aliphatic carbocycles. The zero-order valence-electron chi connectivity index (χ0n) is 15.6. The molecule has 1 heterocycles. The van der Waals surface area contributed by atoms with Gasteiger partial charge in [-0.05, 0) is 42.8 Å². The van der Waals surface area contributed by atoms with Crippen LogP contribution in [0.1, 0.15) is 23.2 Å². The Hall–Kier alpha value is -2.92. The molecule has 0 unspecified atom stereocenters. The van der Waals surface area contributed by atoms with E-state index in [9.17, 15) is 31.2 Å². The lowest BCUT2D eigenvalue weighted by molar-refractivity contribution is -0.121. The van der Waals surface area contributed by atoms with Crippen molar-refractivity contribution in [2.75, 3.05) is 23.3 Å². The fourth-order valence-corrected chi connectivity index (χ4v) is 4.00. The van der Waals surface area contributed by atoms with Gasteiger partial charge in [0.15, 0.2) is 0 Å². The maximum Gasteiger partial charge on any atom is 0.402 e.